The summed E-state index contributed by atoms with van der Waals surface area (Å²) in [6.07, 6.45) is 0.987. The molecule has 0 aromatic heterocycles. The van der Waals surface area contributed by atoms with E-state index >= 15 is 0 Å². The lowest BCUT2D eigenvalue weighted by Crippen LogP contribution is -2.06. The van der Waals surface area contributed by atoms with Crippen molar-refractivity contribution in [1.29, 1.82) is 0 Å². The molecule has 0 heterocycles. The van der Waals surface area contributed by atoms with E-state index in [9.17, 15) is 4.39 Å². The zero-order valence-corrected chi connectivity index (χ0v) is 11.1. The van der Waals surface area contributed by atoms with E-state index in [1.165, 1.54) is 17.7 Å². The fraction of sp³-hybridized carbons (Fsp3) is 0.250. The number of hydrogen-bond donors (Lipinski definition) is 2. The van der Waals surface area contributed by atoms with E-state index < -0.39 is 0 Å². The molecule has 2 nitrogen and oxygen atoms in total. The first-order chi connectivity index (χ1) is 9.15. The van der Waals surface area contributed by atoms with Gasteiger partial charge in [0.1, 0.15) is 5.82 Å². The van der Waals surface area contributed by atoms with Gasteiger partial charge in [0.25, 0.3) is 0 Å². The zero-order chi connectivity index (χ0) is 13.7. The summed E-state index contributed by atoms with van der Waals surface area (Å²) in [5.74, 6) is 0.165. The third-order valence-corrected chi connectivity index (χ3v) is 3.20. The van der Waals surface area contributed by atoms with Gasteiger partial charge in [0, 0.05) is 17.9 Å². The van der Waals surface area contributed by atoms with Gasteiger partial charge in [0.05, 0.1) is 0 Å². The first-order valence-corrected chi connectivity index (χ1v) is 6.50. The molecular formula is C16H19FN2. The first kappa shape index (κ1) is 13.4. The Hall–Kier alpha value is -2.03. The van der Waals surface area contributed by atoms with Crippen LogP contribution in [0.3, 0.4) is 0 Å². The number of halogens is 1. The van der Waals surface area contributed by atoms with Crippen molar-refractivity contribution in [3.8, 4) is 0 Å². The van der Waals surface area contributed by atoms with Gasteiger partial charge in [0.2, 0.25) is 0 Å². The minimum absolute atomic E-state index is 0.307. The second kappa shape index (κ2) is 6.23. The molecule has 0 spiro atoms. The summed E-state index contributed by atoms with van der Waals surface area (Å²) in [7, 11) is 0. The van der Waals surface area contributed by atoms with Crippen LogP contribution in [0.15, 0.2) is 48.5 Å². The second-order valence-corrected chi connectivity index (χ2v) is 4.80. The van der Waals surface area contributed by atoms with Gasteiger partial charge in [0.15, 0.2) is 0 Å². The SMILES string of the molecule is CC(CCNc1cc(N)cc(F)c1)c1ccccc1. The van der Waals surface area contributed by atoms with Crippen molar-refractivity contribution >= 4 is 11.4 Å². The van der Waals surface area contributed by atoms with E-state index in [-0.39, 0.29) is 5.82 Å². The molecule has 0 saturated carbocycles. The summed E-state index contributed by atoms with van der Waals surface area (Å²) < 4.78 is 13.2. The lowest BCUT2D eigenvalue weighted by molar-refractivity contribution is 0.628. The van der Waals surface area contributed by atoms with Crippen LogP contribution in [0.4, 0.5) is 15.8 Å². The lowest BCUT2D eigenvalue weighted by Gasteiger charge is -2.13. The molecule has 0 saturated heterocycles. The van der Waals surface area contributed by atoms with Crippen LogP contribution in [-0.2, 0) is 0 Å². The van der Waals surface area contributed by atoms with Crippen molar-refractivity contribution in [2.24, 2.45) is 0 Å². The van der Waals surface area contributed by atoms with Crippen molar-refractivity contribution in [2.45, 2.75) is 19.3 Å². The molecule has 2 rings (SSSR count). The van der Waals surface area contributed by atoms with E-state index in [4.69, 9.17) is 5.73 Å². The summed E-state index contributed by atoms with van der Waals surface area (Å²) in [4.78, 5) is 0. The quantitative estimate of drug-likeness (QED) is 0.795. The van der Waals surface area contributed by atoms with E-state index in [0.717, 1.165) is 18.7 Å². The largest absolute Gasteiger partial charge is 0.399 e. The van der Waals surface area contributed by atoms with Crippen LogP contribution in [0.1, 0.15) is 24.8 Å². The molecule has 0 amide bonds. The third-order valence-electron chi connectivity index (χ3n) is 3.20. The topological polar surface area (TPSA) is 38.0 Å². The van der Waals surface area contributed by atoms with E-state index in [0.29, 0.717) is 11.6 Å². The maximum absolute atomic E-state index is 13.2. The second-order valence-electron chi connectivity index (χ2n) is 4.80. The zero-order valence-electron chi connectivity index (χ0n) is 11.1. The molecule has 2 aromatic carbocycles. The molecule has 100 valence electrons. The molecule has 2 aromatic rings. The Morgan fingerprint density at radius 1 is 1.16 bits per heavy atom. The van der Waals surface area contributed by atoms with Crippen LogP contribution >= 0.6 is 0 Å². The molecule has 0 fully saturated rings. The summed E-state index contributed by atoms with van der Waals surface area (Å²) >= 11 is 0. The molecule has 1 unspecified atom stereocenters. The highest BCUT2D eigenvalue weighted by Crippen LogP contribution is 2.20. The predicted octanol–water partition coefficient (Wildman–Crippen LogP) is 4.01. The van der Waals surface area contributed by atoms with Crippen LogP contribution in [0.5, 0.6) is 0 Å². The van der Waals surface area contributed by atoms with E-state index in [2.05, 4.69) is 24.4 Å². The maximum Gasteiger partial charge on any atom is 0.127 e. The van der Waals surface area contributed by atoms with Gasteiger partial charge in [-0.05, 0) is 36.1 Å². The molecule has 0 bridgehead atoms. The summed E-state index contributed by atoms with van der Waals surface area (Å²) in [6, 6.07) is 14.9. The van der Waals surface area contributed by atoms with Gasteiger partial charge in [-0.15, -0.1) is 0 Å². The molecule has 19 heavy (non-hydrogen) atoms. The van der Waals surface area contributed by atoms with Crippen molar-refractivity contribution in [3.05, 3.63) is 59.9 Å². The van der Waals surface area contributed by atoms with Crippen LogP contribution < -0.4 is 11.1 Å². The standard InChI is InChI=1S/C16H19FN2/c1-12(13-5-3-2-4-6-13)7-8-19-16-10-14(17)9-15(18)11-16/h2-6,9-12,19H,7-8,18H2,1H3. The minimum Gasteiger partial charge on any atom is -0.399 e. The van der Waals surface area contributed by atoms with Crippen LogP contribution in [0, 0.1) is 5.82 Å². The van der Waals surface area contributed by atoms with Crippen LogP contribution in [-0.4, -0.2) is 6.54 Å². The van der Waals surface area contributed by atoms with Crippen LogP contribution in [0.25, 0.3) is 0 Å². The van der Waals surface area contributed by atoms with Gasteiger partial charge in [-0.25, -0.2) is 4.39 Å². The number of rotatable bonds is 5. The van der Waals surface area contributed by atoms with Gasteiger partial charge >= 0.3 is 0 Å². The number of nitrogens with one attached hydrogen (secondary N) is 1. The van der Waals surface area contributed by atoms with Crippen molar-refractivity contribution in [1.82, 2.24) is 0 Å². The molecule has 3 heteroatoms. The minimum atomic E-state index is -0.307. The van der Waals surface area contributed by atoms with Gasteiger partial charge in [-0.3, -0.25) is 0 Å². The Kier molecular flexibility index (Phi) is 4.39. The Labute approximate surface area is 113 Å². The Bertz CT molecular complexity index is 505. The van der Waals surface area contributed by atoms with E-state index in [1.54, 1.807) is 6.07 Å². The van der Waals surface area contributed by atoms with Gasteiger partial charge in [-0.1, -0.05) is 37.3 Å². The average molecular weight is 258 g/mol. The third kappa shape index (κ3) is 3.98. The van der Waals surface area contributed by atoms with Crippen molar-refractivity contribution < 1.29 is 4.39 Å². The Balaban J connectivity index is 1.86. The molecule has 0 radical (unpaired) electrons. The van der Waals surface area contributed by atoms with E-state index in [1.807, 2.05) is 18.2 Å². The number of hydrogen-bond acceptors (Lipinski definition) is 2. The molecule has 0 aliphatic rings. The predicted molar refractivity (Wildman–Crippen MR) is 78.8 cm³/mol. The highest BCUT2D eigenvalue weighted by atomic mass is 19.1. The fourth-order valence-electron chi connectivity index (χ4n) is 2.10. The highest BCUT2D eigenvalue weighted by molar-refractivity contribution is 5.54. The Morgan fingerprint density at radius 3 is 2.58 bits per heavy atom. The lowest BCUT2D eigenvalue weighted by atomic mass is 9.98. The molecular weight excluding hydrogens is 239 g/mol. The Morgan fingerprint density at radius 2 is 1.89 bits per heavy atom. The normalized spacial score (nSPS) is 12.1. The van der Waals surface area contributed by atoms with Crippen molar-refractivity contribution in [3.63, 3.8) is 0 Å². The molecule has 0 aliphatic carbocycles. The summed E-state index contributed by atoms with van der Waals surface area (Å²) in [5.41, 5.74) is 8.10. The number of anilines is 2. The monoisotopic (exact) mass is 258 g/mol. The fourth-order valence-corrected chi connectivity index (χ4v) is 2.10. The summed E-state index contributed by atoms with van der Waals surface area (Å²) in [5, 5.41) is 3.21. The number of nitrogen functional groups attached to an aromatic ring is 1. The first-order valence-electron chi connectivity index (χ1n) is 6.50. The molecule has 0 aliphatic heterocycles. The highest BCUT2D eigenvalue weighted by Gasteiger charge is 2.04. The van der Waals surface area contributed by atoms with Gasteiger partial charge < -0.3 is 11.1 Å². The molecule has 3 N–H and O–H groups in total. The summed E-state index contributed by atoms with van der Waals surface area (Å²) in [6.45, 7) is 2.98. The maximum atomic E-state index is 13.2. The molecule has 1 atom stereocenters. The number of benzene rings is 2. The smallest absolute Gasteiger partial charge is 0.127 e. The number of nitrogens with two attached hydrogens (primary N) is 1. The van der Waals surface area contributed by atoms with Crippen molar-refractivity contribution in [2.75, 3.05) is 17.6 Å². The van der Waals surface area contributed by atoms with Crippen LogP contribution in [0.2, 0.25) is 0 Å². The van der Waals surface area contributed by atoms with Gasteiger partial charge in [-0.2, -0.15) is 0 Å². The average Bonchev–Trinajstić information content (AvgIpc) is 2.38.